The van der Waals surface area contributed by atoms with Crippen molar-refractivity contribution < 1.29 is 39.2 Å². The lowest BCUT2D eigenvalue weighted by atomic mass is 9.76. The average Bonchev–Trinajstić information content (AvgIpc) is 2.93. The molecule has 1 aliphatic rings. The average molecular weight is 555 g/mol. The van der Waals surface area contributed by atoms with E-state index in [1.165, 1.54) is 36.4 Å². The number of hydrogen-bond donors (Lipinski definition) is 3. The van der Waals surface area contributed by atoms with Gasteiger partial charge >= 0.3 is 5.97 Å². The fraction of sp³-hybridized carbons (Fsp3) is 0.222. The van der Waals surface area contributed by atoms with Crippen LogP contribution in [0.25, 0.3) is 0 Å². The van der Waals surface area contributed by atoms with Gasteiger partial charge in [0.1, 0.15) is 29.4 Å². The number of ketones is 2. The lowest BCUT2D eigenvalue weighted by molar-refractivity contribution is -0.224. The molecule has 8 nitrogen and oxygen atoms in total. The number of Topliss-reactive ketones (excluding diaryl/α,β-unsaturated/α-hetero) is 2. The van der Waals surface area contributed by atoms with Crippen molar-refractivity contribution in [2.45, 2.75) is 35.0 Å². The lowest BCUT2D eigenvalue weighted by Crippen LogP contribution is -2.69. The Morgan fingerprint density at radius 3 is 1.53 bits per heavy atom. The molecule has 3 aromatic carbocycles. The van der Waals surface area contributed by atoms with Crippen LogP contribution in [-0.4, -0.2) is 67.9 Å². The third-order valence-electron chi connectivity index (χ3n) is 5.97. The van der Waals surface area contributed by atoms with Crippen molar-refractivity contribution in [3.63, 3.8) is 0 Å². The number of esters is 1. The van der Waals surface area contributed by atoms with E-state index in [0.717, 1.165) is 0 Å². The minimum Gasteiger partial charge on any atom is -0.435 e. The maximum atomic E-state index is 14.1. The molecule has 0 amide bonds. The Kier molecular flexibility index (Phi) is 7.77. The summed E-state index contributed by atoms with van der Waals surface area (Å²) in [5, 5.41) is 30.4. The topological polar surface area (TPSA) is 130 Å². The second kappa shape index (κ2) is 10.8. The van der Waals surface area contributed by atoms with E-state index in [1.807, 2.05) is 0 Å². The molecule has 0 spiro atoms. The van der Waals surface area contributed by atoms with Crippen LogP contribution in [0.5, 0.6) is 0 Å². The SMILES string of the molecule is O=C(OC(C(=O)c1ccccc1)(C(=O)c1ccccc1)[C@H]1O[C@H](Br)[C@H](O)[C@@H](O)[C@@H]1O)c1ccccc1. The van der Waals surface area contributed by atoms with E-state index in [1.54, 1.807) is 54.6 Å². The fourth-order valence-electron chi connectivity index (χ4n) is 4.07. The van der Waals surface area contributed by atoms with Crippen molar-refractivity contribution in [2.75, 3.05) is 0 Å². The molecule has 1 fully saturated rings. The van der Waals surface area contributed by atoms with Crippen LogP contribution in [0.15, 0.2) is 91.0 Å². The zero-order chi connectivity index (χ0) is 25.9. The maximum Gasteiger partial charge on any atom is 0.339 e. The predicted molar refractivity (Wildman–Crippen MR) is 132 cm³/mol. The van der Waals surface area contributed by atoms with E-state index in [-0.39, 0.29) is 16.7 Å². The van der Waals surface area contributed by atoms with Crippen LogP contribution >= 0.6 is 15.9 Å². The van der Waals surface area contributed by atoms with E-state index in [9.17, 15) is 29.7 Å². The summed E-state index contributed by atoms with van der Waals surface area (Å²) >= 11 is 3.07. The largest absolute Gasteiger partial charge is 0.435 e. The van der Waals surface area contributed by atoms with Crippen LogP contribution in [0.2, 0.25) is 0 Å². The Labute approximate surface area is 215 Å². The summed E-state index contributed by atoms with van der Waals surface area (Å²) in [6.07, 6.45) is -7.27. The van der Waals surface area contributed by atoms with Crippen molar-refractivity contribution in [1.82, 2.24) is 0 Å². The molecule has 0 radical (unpaired) electrons. The number of hydrogen-bond acceptors (Lipinski definition) is 8. The first-order valence-corrected chi connectivity index (χ1v) is 12.0. The first-order valence-electron chi connectivity index (χ1n) is 11.1. The number of rotatable bonds is 7. The van der Waals surface area contributed by atoms with Crippen LogP contribution in [0, 0.1) is 0 Å². The normalized spacial score (nSPS) is 24.1. The summed E-state index contributed by atoms with van der Waals surface area (Å²) in [7, 11) is 0. The van der Waals surface area contributed by atoms with Gasteiger partial charge in [0, 0.05) is 11.1 Å². The molecule has 0 aliphatic carbocycles. The summed E-state index contributed by atoms with van der Waals surface area (Å²) < 4.78 is 11.5. The van der Waals surface area contributed by atoms with E-state index in [0.29, 0.717) is 0 Å². The number of benzene rings is 3. The Morgan fingerprint density at radius 1 is 0.667 bits per heavy atom. The molecular weight excluding hydrogens is 532 g/mol. The molecule has 0 bridgehead atoms. The fourth-order valence-corrected chi connectivity index (χ4v) is 4.62. The Morgan fingerprint density at radius 2 is 1.08 bits per heavy atom. The Hall–Kier alpha value is -3.21. The summed E-state index contributed by atoms with van der Waals surface area (Å²) in [4.78, 5) is 41.6. The maximum absolute atomic E-state index is 14.1. The van der Waals surface area contributed by atoms with Crippen molar-refractivity contribution in [1.29, 1.82) is 0 Å². The number of ether oxygens (including phenoxy) is 2. The molecule has 1 saturated heterocycles. The van der Waals surface area contributed by atoms with Gasteiger partial charge in [-0.15, -0.1) is 0 Å². The first-order chi connectivity index (χ1) is 17.3. The number of carbonyl (C=O) groups is 3. The van der Waals surface area contributed by atoms with Gasteiger partial charge < -0.3 is 24.8 Å². The van der Waals surface area contributed by atoms with Gasteiger partial charge in [-0.05, 0) is 12.1 Å². The summed E-state index contributed by atoms with van der Waals surface area (Å²) in [6.45, 7) is 0. The molecule has 9 heteroatoms. The third-order valence-corrected chi connectivity index (χ3v) is 6.72. The molecule has 3 aromatic rings. The van der Waals surface area contributed by atoms with Gasteiger partial charge in [-0.2, -0.15) is 0 Å². The van der Waals surface area contributed by atoms with E-state index in [2.05, 4.69) is 15.9 Å². The van der Waals surface area contributed by atoms with E-state index >= 15 is 0 Å². The van der Waals surface area contributed by atoms with E-state index < -0.39 is 52.6 Å². The second-order valence-electron chi connectivity index (χ2n) is 8.26. The lowest BCUT2D eigenvalue weighted by Gasteiger charge is -2.45. The van der Waals surface area contributed by atoms with Crippen molar-refractivity contribution in [3.8, 4) is 0 Å². The summed E-state index contributed by atoms with van der Waals surface area (Å²) in [5.41, 5.74) is -2.71. The van der Waals surface area contributed by atoms with Gasteiger partial charge in [0.15, 0.2) is 0 Å². The monoisotopic (exact) mass is 554 g/mol. The highest BCUT2D eigenvalue weighted by atomic mass is 79.9. The Balaban J connectivity index is 1.95. The zero-order valence-corrected chi connectivity index (χ0v) is 20.4. The van der Waals surface area contributed by atoms with Gasteiger partial charge in [0.25, 0.3) is 5.60 Å². The van der Waals surface area contributed by atoms with Gasteiger partial charge in [0.05, 0.1) is 5.56 Å². The van der Waals surface area contributed by atoms with Gasteiger partial charge in [-0.25, -0.2) is 4.79 Å². The van der Waals surface area contributed by atoms with Crippen LogP contribution < -0.4 is 0 Å². The summed E-state index contributed by atoms with van der Waals surface area (Å²) in [6, 6.07) is 23.0. The minimum atomic E-state index is -2.76. The molecule has 0 unspecified atom stereocenters. The molecule has 0 aromatic heterocycles. The number of aliphatic hydroxyl groups excluding tert-OH is 3. The first kappa shape index (κ1) is 25.9. The van der Waals surface area contributed by atoms with Crippen molar-refractivity contribution in [3.05, 3.63) is 108 Å². The molecule has 5 atom stereocenters. The molecule has 36 heavy (non-hydrogen) atoms. The molecule has 0 saturated carbocycles. The molecule has 1 heterocycles. The molecule has 4 rings (SSSR count). The van der Waals surface area contributed by atoms with Crippen molar-refractivity contribution >= 4 is 33.5 Å². The highest BCUT2D eigenvalue weighted by Gasteiger charge is 2.63. The highest BCUT2D eigenvalue weighted by molar-refractivity contribution is 9.09. The quantitative estimate of drug-likeness (QED) is 0.176. The molecular formula is C27H23BrO8. The van der Waals surface area contributed by atoms with Crippen LogP contribution in [0.1, 0.15) is 31.1 Å². The number of halogens is 1. The Bertz CT molecular complexity index is 1170. The minimum absolute atomic E-state index is 0.00479. The molecule has 3 N–H and O–H groups in total. The smallest absolute Gasteiger partial charge is 0.339 e. The van der Waals surface area contributed by atoms with Crippen molar-refractivity contribution in [2.24, 2.45) is 0 Å². The van der Waals surface area contributed by atoms with Crippen LogP contribution in [0.4, 0.5) is 0 Å². The third kappa shape index (κ3) is 4.76. The standard InChI is InChI=1S/C27H23BrO8/c28-25-21(31)19(29)20(30)24(35-25)27(22(32)16-10-4-1-5-11-16,23(33)17-12-6-2-7-13-17)36-26(34)18-14-8-3-9-15-18/h1-15,19-21,24-25,29-31H/t19-,20-,21+,24-,25-/m0/s1. The van der Waals surface area contributed by atoms with E-state index in [4.69, 9.17) is 9.47 Å². The summed E-state index contributed by atoms with van der Waals surface area (Å²) in [5.74, 6) is -2.95. The molecule has 1 aliphatic heterocycles. The van der Waals surface area contributed by atoms with Gasteiger partial charge in [0.2, 0.25) is 11.6 Å². The highest BCUT2D eigenvalue weighted by Crippen LogP contribution is 2.38. The number of carbonyl (C=O) groups excluding carboxylic acids is 3. The van der Waals surface area contributed by atoms with Gasteiger partial charge in [-0.1, -0.05) is 94.8 Å². The number of aliphatic hydroxyl groups is 3. The predicted octanol–water partition coefficient (Wildman–Crippen LogP) is 2.55. The zero-order valence-electron chi connectivity index (χ0n) is 18.8. The van der Waals surface area contributed by atoms with Gasteiger partial charge in [-0.3, -0.25) is 9.59 Å². The second-order valence-corrected chi connectivity index (χ2v) is 9.16. The molecule has 186 valence electrons. The number of alkyl halides is 1. The van der Waals surface area contributed by atoms with Crippen LogP contribution in [-0.2, 0) is 9.47 Å². The van der Waals surface area contributed by atoms with Crippen LogP contribution in [0.3, 0.4) is 0 Å².